The van der Waals surface area contributed by atoms with Crippen molar-refractivity contribution in [3.8, 4) is 6.07 Å². The first-order valence-electron chi connectivity index (χ1n) is 4.71. The largest absolute Gasteiger partial charge is 0.465 e. The zero-order valence-corrected chi connectivity index (χ0v) is 11.1. The summed E-state index contributed by atoms with van der Waals surface area (Å²) in [7, 11) is 0. The van der Waals surface area contributed by atoms with Crippen molar-refractivity contribution in [3.05, 3.63) is 40.0 Å². The van der Waals surface area contributed by atoms with Crippen molar-refractivity contribution in [2.75, 3.05) is 12.5 Å². The average Bonchev–Trinajstić information content (AvgIpc) is 2.85. The third-order valence-electron chi connectivity index (χ3n) is 1.88. The van der Waals surface area contributed by atoms with Gasteiger partial charge in [-0.2, -0.15) is 5.26 Å². The van der Waals surface area contributed by atoms with Gasteiger partial charge < -0.3 is 4.42 Å². The van der Waals surface area contributed by atoms with Crippen molar-refractivity contribution >= 4 is 35.4 Å². The number of hydrogen-bond acceptors (Lipinski definition) is 5. The highest BCUT2D eigenvalue weighted by molar-refractivity contribution is 8.21. The Hall–Kier alpha value is -1.38. The fraction of sp³-hybridized carbons (Fsp3) is 0.167. The molecule has 1 rings (SSSR count). The fourth-order valence-electron chi connectivity index (χ4n) is 1.12. The van der Waals surface area contributed by atoms with Gasteiger partial charge in [0.05, 0.1) is 10.5 Å². The third-order valence-corrected chi connectivity index (χ3v) is 4.03. The molecule has 0 aliphatic rings. The van der Waals surface area contributed by atoms with E-state index in [1.165, 1.54) is 35.9 Å². The normalized spacial score (nSPS) is 10.2. The quantitative estimate of drug-likeness (QED) is 0.604. The van der Waals surface area contributed by atoms with Crippen LogP contribution in [0.2, 0.25) is 0 Å². The van der Waals surface area contributed by atoms with Crippen molar-refractivity contribution in [2.45, 2.75) is 0 Å². The Morgan fingerprint density at radius 2 is 2.18 bits per heavy atom. The number of thioether (sulfide) groups is 2. The van der Waals surface area contributed by atoms with Crippen molar-refractivity contribution in [1.29, 1.82) is 5.26 Å². The molecule has 0 aromatic carbocycles. The number of hydrogen-bond donors (Lipinski definition) is 0. The molecular weight excluding hydrogens is 254 g/mol. The molecule has 17 heavy (non-hydrogen) atoms. The van der Waals surface area contributed by atoms with Gasteiger partial charge >= 0.3 is 0 Å². The Kier molecular flexibility index (Phi) is 5.67. The molecule has 0 unspecified atom stereocenters. The molecule has 0 radical (unpaired) electrons. The maximum Gasteiger partial charge on any atom is 0.198 e. The topological polar surface area (TPSA) is 54.0 Å². The molecule has 0 amide bonds. The fourth-order valence-corrected chi connectivity index (χ4v) is 2.48. The zero-order chi connectivity index (χ0) is 12.7. The summed E-state index contributed by atoms with van der Waals surface area (Å²) in [5, 5.41) is 8.97. The molecule has 0 aliphatic heterocycles. The summed E-state index contributed by atoms with van der Waals surface area (Å²) < 4.78 is 5.79. The smallest absolute Gasteiger partial charge is 0.198 e. The molecule has 5 heteroatoms. The molecule has 0 N–H and O–H groups in total. The number of carbonyl (C=O) groups excluding carboxylic acids is 1. The van der Waals surface area contributed by atoms with Crippen LogP contribution >= 0.6 is 23.5 Å². The predicted molar refractivity (Wildman–Crippen MR) is 72.4 cm³/mol. The van der Waals surface area contributed by atoms with Crippen molar-refractivity contribution in [3.63, 3.8) is 0 Å². The van der Waals surface area contributed by atoms with Crippen LogP contribution < -0.4 is 0 Å². The minimum Gasteiger partial charge on any atom is -0.465 e. The van der Waals surface area contributed by atoms with Crippen LogP contribution in [0.4, 0.5) is 0 Å². The molecule has 88 valence electrons. The Morgan fingerprint density at radius 3 is 2.65 bits per heavy atom. The van der Waals surface area contributed by atoms with E-state index in [0.717, 1.165) is 4.24 Å². The average molecular weight is 265 g/mol. The van der Waals surface area contributed by atoms with Crippen LogP contribution in [-0.2, 0) is 4.79 Å². The van der Waals surface area contributed by atoms with Crippen LogP contribution in [0.3, 0.4) is 0 Å². The van der Waals surface area contributed by atoms with Crippen LogP contribution in [0.5, 0.6) is 0 Å². The predicted octanol–water partition coefficient (Wildman–Crippen LogP) is 3.32. The second kappa shape index (κ2) is 7.05. The molecule has 0 saturated carbocycles. The summed E-state index contributed by atoms with van der Waals surface area (Å²) >= 11 is 2.79. The number of allylic oxidation sites excluding steroid dienone is 2. The lowest BCUT2D eigenvalue weighted by molar-refractivity contribution is -0.110. The highest BCUT2D eigenvalue weighted by atomic mass is 32.2. The van der Waals surface area contributed by atoms with Crippen LogP contribution in [0.15, 0.2) is 38.7 Å². The third kappa shape index (κ3) is 3.84. The van der Waals surface area contributed by atoms with Gasteiger partial charge in [0.2, 0.25) is 0 Å². The van der Waals surface area contributed by atoms with Crippen molar-refractivity contribution in [1.82, 2.24) is 0 Å². The molecule has 1 heterocycles. The lowest BCUT2D eigenvalue weighted by atomic mass is 10.2. The van der Waals surface area contributed by atoms with E-state index in [2.05, 4.69) is 0 Å². The summed E-state index contributed by atoms with van der Waals surface area (Å²) in [6, 6.07) is 5.42. The SMILES string of the molecule is CSC(SC)=C(C#N)C(=O)C=Cc1ccco1. The summed E-state index contributed by atoms with van der Waals surface area (Å²) in [6.45, 7) is 0. The van der Waals surface area contributed by atoms with Gasteiger partial charge in [-0.15, -0.1) is 23.5 Å². The molecule has 1 aromatic heterocycles. The van der Waals surface area contributed by atoms with E-state index in [0.29, 0.717) is 5.76 Å². The van der Waals surface area contributed by atoms with E-state index in [4.69, 9.17) is 9.68 Å². The monoisotopic (exact) mass is 265 g/mol. The minimum atomic E-state index is -0.303. The molecule has 0 bridgehead atoms. The Morgan fingerprint density at radius 1 is 1.47 bits per heavy atom. The maximum atomic E-state index is 11.8. The summed E-state index contributed by atoms with van der Waals surface area (Å²) in [6.07, 6.45) is 8.11. The van der Waals surface area contributed by atoms with E-state index in [9.17, 15) is 4.79 Å². The maximum absolute atomic E-state index is 11.8. The molecule has 0 spiro atoms. The highest BCUT2D eigenvalue weighted by Crippen LogP contribution is 2.27. The van der Waals surface area contributed by atoms with Gasteiger partial charge in [-0.05, 0) is 36.8 Å². The molecule has 3 nitrogen and oxygen atoms in total. The number of carbonyl (C=O) groups is 1. The van der Waals surface area contributed by atoms with Crippen LogP contribution in [0, 0.1) is 11.3 Å². The lowest BCUT2D eigenvalue weighted by Gasteiger charge is -2.00. The molecule has 0 fully saturated rings. The summed E-state index contributed by atoms with van der Waals surface area (Å²) in [5.41, 5.74) is 0.174. The second-order valence-corrected chi connectivity index (χ2v) is 4.79. The molecule has 0 aliphatic carbocycles. The number of rotatable bonds is 5. The van der Waals surface area contributed by atoms with E-state index >= 15 is 0 Å². The first-order valence-corrected chi connectivity index (χ1v) is 7.16. The minimum absolute atomic E-state index is 0.174. The van der Waals surface area contributed by atoms with Gasteiger partial charge in [-0.1, -0.05) is 0 Å². The lowest BCUT2D eigenvalue weighted by Crippen LogP contribution is -1.98. The second-order valence-electron chi connectivity index (χ2n) is 2.90. The summed E-state index contributed by atoms with van der Waals surface area (Å²) in [5.74, 6) is 0.285. The first kappa shape index (κ1) is 13.7. The van der Waals surface area contributed by atoms with Crippen molar-refractivity contribution in [2.24, 2.45) is 0 Å². The Labute approximate surface area is 109 Å². The van der Waals surface area contributed by atoms with Crippen LogP contribution in [0.1, 0.15) is 5.76 Å². The number of nitrogens with zero attached hydrogens (tertiary/aromatic N) is 1. The number of ketones is 1. The van der Waals surface area contributed by atoms with E-state index < -0.39 is 0 Å². The number of furan rings is 1. The van der Waals surface area contributed by atoms with Gasteiger partial charge in [-0.3, -0.25) is 4.79 Å². The van der Waals surface area contributed by atoms with Gasteiger partial charge in [0.1, 0.15) is 17.4 Å². The Balaban J connectivity index is 2.89. The molecule has 0 atom stereocenters. The van der Waals surface area contributed by atoms with Crippen molar-refractivity contribution < 1.29 is 9.21 Å². The molecule has 0 saturated heterocycles. The van der Waals surface area contributed by atoms with E-state index in [1.54, 1.807) is 18.2 Å². The van der Waals surface area contributed by atoms with Crippen LogP contribution in [0.25, 0.3) is 6.08 Å². The van der Waals surface area contributed by atoms with E-state index in [-0.39, 0.29) is 11.4 Å². The highest BCUT2D eigenvalue weighted by Gasteiger charge is 2.11. The summed E-state index contributed by atoms with van der Waals surface area (Å²) in [4.78, 5) is 11.8. The van der Waals surface area contributed by atoms with E-state index in [1.807, 2.05) is 18.6 Å². The van der Waals surface area contributed by atoms with Gasteiger partial charge in [0.25, 0.3) is 0 Å². The Bertz CT molecular complexity index is 475. The van der Waals surface area contributed by atoms with Gasteiger partial charge in [0.15, 0.2) is 5.78 Å². The first-order chi connectivity index (χ1) is 8.22. The van der Waals surface area contributed by atoms with Crippen LogP contribution in [-0.4, -0.2) is 18.3 Å². The standard InChI is InChI=1S/C12H11NO2S2/c1-16-12(17-2)10(8-13)11(14)6-5-9-4-3-7-15-9/h3-7H,1-2H3. The van der Waals surface area contributed by atoms with Gasteiger partial charge in [-0.25, -0.2) is 0 Å². The zero-order valence-electron chi connectivity index (χ0n) is 9.47. The molecular formula is C12H11NO2S2. The van der Waals surface area contributed by atoms with Gasteiger partial charge in [0, 0.05) is 0 Å². The molecule has 1 aromatic rings. The number of nitriles is 1.